The highest BCUT2D eigenvalue weighted by atomic mass is 32.2. The zero-order chi connectivity index (χ0) is 25.2. The number of aromatic nitrogens is 1. The van der Waals surface area contributed by atoms with Crippen LogP contribution in [-0.4, -0.2) is 63.1 Å². The van der Waals surface area contributed by atoms with Crippen molar-refractivity contribution in [3.63, 3.8) is 0 Å². The maximum absolute atomic E-state index is 13.3. The molecule has 0 aliphatic carbocycles. The van der Waals surface area contributed by atoms with Crippen molar-refractivity contribution in [2.75, 3.05) is 27.9 Å². The molecular weight excluding hydrogens is 494 g/mol. The number of ether oxygens (including phenoxy) is 3. The molecule has 0 spiro atoms. The number of rotatable bonds is 7. The zero-order valence-electron chi connectivity index (χ0n) is 19.5. The van der Waals surface area contributed by atoms with Gasteiger partial charge < -0.3 is 18.8 Å². The second kappa shape index (κ2) is 10.2. The van der Waals surface area contributed by atoms with E-state index in [1.54, 1.807) is 42.0 Å². The number of thiazole rings is 1. The molecule has 2 aromatic carbocycles. The lowest BCUT2D eigenvalue weighted by Gasteiger charge is -2.21. The quantitative estimate of drug-likeness (QED) is 0.439. The Bertz CT molecular complexity index is 1430. The molecule has 1 atom stereocenters. The third kappa shape index (κ3) is 4.95. The van der Waals surface area contributed by atoms with Gasteiger partial charge in [0.15, 0.2) is 4.80 Å². The number of nitrogens with zero attached hydrogens (tertiary/aromatic N) is 3. The van der Waals surface area contributed by atoms with Gasteiger partial charge in [-0.05, 0) is 55.3 Å². The van der Waals surface area contributed by atoms with E-state index in [0.717, 1.165) is 4.70 Å². The molecule has 0 saturated carbocycles. The molecule has 186 valence electrons. The second-order valence-electron chi connectivity index (χ2n) is 7.78. The van der Waals surface area contributed by atoms with Crippen LogP contribution in [0.5, 0.6) is 11.5 Å². The van der Waals surface area contributed by atoms with E-state index in [-0.39, 0.29) is 22.8 Å². The standard InChI is InChI=1S/C23H25N3O7S2/c1-31-15-6-9-17(10-7-15)35(29,30)26-12-4-5-19(26)22(28)24-23-25(14-21(27)33-3)18-11-8-16(32-2)13-20(18)34-23/h6-11,13,19H,4-5,12,14H2,1-3H3. The Morgan fingerprint density at radius 2 is 1.74 bits per heavy atom. The van der Waals surface area contributed by atoms with Gasteiger partial charge in [0, 0.05) is 6.54 Å². The minimum Gasteiger partial charge on any atom is -0.497 e. The van der Waals surface area contributed by atoms with Crippen LogP contribution in [0.4, 0.5) is 0 Å². The highest BCUT2D eigenvalue weighted by Crippen LogP contribution is 2.28. The van der Waals surface area contributed by atoms with E-state index in [2.05, 4.69) is 4.99 Å². The Morgan fingerprint density at radius 3 is 2.40 bits per heavy atom. The molecule has 12 heteroatoms. The summed E-state index contributed by atoms with van der Waals surface area (Å²) in [5.74, 6) is 0.0645. The van der Waals surface area contributed by atoms with Gasteiger partial charge in [0.05, 0.1) is 36.4 Å². The SMILES string of the molecule is COC(=O)Cn1c(=NC(=O)C2CCCN2S(=O)(=O)c2ccc(OC)cc2)sc2cc(OC)ccc21. The van der Waals surface area contributed by atoms with Crippen LogP contribution in [0.15, 0.2) is 52.4 Å². The predicted octanol–water partition coefficient (Wildman–Crippen LogP) is 2.17. The van der Waals surface area contributed by atoms with Crippen molar-refractivity contribution in [1.82, 2.24) is 8.87 Å². The second-order valence-corrected chi connectivity index (χ2v) is 10.7. The van der Waals surface area contributed by atoms with Gasteiger partial charge in [-0.25, -0.2) is 8.42 Å². The van der Waals surface area contributed by atoms with Crippen molar-refractivity contribution in [3.05, 3.63) is 47.3 Å². The molecule has 1 aliphatic heterocycles. The van der Waals surface area contributed by atoms with Gasteiger partial charge in [-0.15, -0.1) is 0 Å². The molecule has 1 aliphatic rings. The largest absolute Gasteiger partial charge is 0.497 e. The number of methoxy groups -OCH3 is 3. The molecule has 10 nitrogen and oxygen atoms in total. The molecule has 0 bridgehead atoms. The van der Waals surface area contributed by atoms with E-state index in [4.69, 9.17) is 14.2 Å². The summed E-state index contributed by atoms with van der Waals surface area (Å²) in [5, 5.41) is 0. The third-order valence-corrected chi connectivity index (χ3v) is 8.73. The van der Waals surface area contributed by atoms with E-state index in [1.165, 1.54) is 42.0 Å². The molecule has 0 radical (unpaired) electrons. The third-order valence-electron chi connectivity index (χ3n) is 5.77. The fourth-order valence-electron chi connectivity index (χ4n) is 3.94. The fourth-order valence-corrected chi connectivity index (χ4v) is 6.65. The normalized spacial score (nSPS) is 17.0. The first kappa shape index (κ1) is 24.9. The van der Waals surface area contributed by atoms with Crippen LogP contribution in [0.2, 0.25) is 0 Å². The Balaban J connectivity index is 1.72. The van der Waals surface area contributed by atoms with Crippen LogP contribution in [0.1, 0.15) is 12.8 Å². The summed E-state index contributed by atoms with van der Waals surface area (Å²) < 4.78 is 45.3. The maximum Gasteiger partial charge on any atom is 0.325 e. The average molecular weight is 520 g/mol. The molecule has 35 heavy (non-hydrogen) atoms. The number of hydrogen-bond acceptors (Lipinski definition) is 8. The maximum atomic E-state index is 13.3. The van der Waals surface area contributed by atoms with Crippen molar-refractivity contribution in [3.8, 4) is 11.5 Å². The van der Waals surface area contributed by atoms with E-state index in [1.807, 2.05) is 0 Å². The molecule has 1 amide bonds. The van der Waals surface area contributed by atoms with Crippen molar-refractivity contribution in [1.29, 1.82) is 0 Å². The number of sulfonamides is 1. The minimum atomic E-state index is -3.91. The molecule has 3 aromatic rings. The number of benzene rings is 2. The van der Waals surface area contributed by atoms with Crippen molar-refractivity contribution < 1.29 is 32.2 Å². The molecule has 1 saturated heterocycles. The Morgan fingerprint density at radius 1 is 1.06 bits per heavy atom. The fraction of sp³-hybridized carbons (Fsp3) is 0.348. The lowest BCUT2D eigenvalue weighted by atomic mass is 10.2. The number of carbonyl (C=O) groups is 2. The highest BCUT2D eigenvalue weighted by molar-refractivity contribution is 7.89. The summed E-state index contributed by atoms with van der Waals surface area (Å²) in [7, 11) is 0.409. The van der Waals surface area contributed by atoms with Gasteiger partial charge in [0.25, 0.3) is 5.91 Å². The molecule has 1 unspecified atom stereocenters. The van der Waals surface area contributed by atoms with Crippen LogP contribution in [0.25, 0.3) is 10.2 Å². The molecule has 4 rings (SSSR count). The lowest BCUT2D eigenvalue weighted by Crippen LogP contribution is -2.40. The number of fused-ring (bicyclic) bond motifs is 1. The summed E-state index contributed by atoms with van der Waals surface area (Å²) in [4.78, 5) is 29.9. The van der Waals surface area contributed by atoms with Crippen molar-refractivity contribution in [2.24, 2.45) is 4.99 Å². The molecule has 2 heterocycles. The summed E-state index contributed by atoms with van der Waals surface area (Å²) >= 11 is 1.21. The smallest absolute Gasteiger partial charge is 0.325 e. The van der Waals surface area contributed by atoms with Gasteiger partial charge in [-0.1, -0.05) is 11.3 Å². The van der Waals surface area contributed by atoms with Gasteiger partial charge >= 0.3 is 5.97 Å². The van der Waals surface area contributed by atoms with Crippen LogP contribution < -0.4 is 14.3 Å². The topological polar surface area (TPSA) is 116 Å². The summed E-state index contributed by atoms with van der Waals surface area (Å²) in [6, 6.07) is 10.4. The first-order chi connectivity index (χ1) is 16.8. The van der Waals surface area contributed by atoms with Crippen LogP contribution in [-0.2, 0) is 30.9 Å². The van der Waals surface area contributed by atoms with Gasteiger partial charge in [0.1, 0.15) is 24.1 Å². The lowest BCUT2D eigenvalue weighted by molar-refractivity contribution is -0.141. The number of esters is 1. The predicted molar refractivity (Wildman–Crippen MR) is 129 cm³/mol. The molecule has 1 fully saturated rings. The minimum absolute atomic E-state index is 0.0766. The van der Waals surface area contributed by atoms with Gasteiger partial charge in [0.2, 0.25) is 10.0 Å². The van der Waals surface area contributed by atoms with Crippen LogP contribution in [0, 0.1) is 0 Å². The van der Waals surface area contributed by atoms with Crippen molar-refractivity contribution in [2.45, 2.75) is 30.3 Å². The monoisotopic (exact) mass is 519 g/mol. The zero-order valence-corrected chi connectivity index (χ0v) is 21.1. The number of carbonyl (C=O) groups excluding carboxylic acids is 2. The van der Waals surface area contributed by atoms with E-state index in [0.29, 0.717) is 29.9 Å². The molecule has 1 aromatic heterocycles. The molecule has 0 N–H and O–H groups in total. The summed E-state index contributed by atoms with van der Waals surface area (Å²) in [5.41, 5.74) is 0.682. The average Bonchev–Trinajstić information content (AvgIpc) is 3.49. The van der Waals surface area contributed by atoms with Crippen LogP contribution in [0.3, 0.4) is 0 Å². The summed E-state index contributed by atoms with van der Waals surface area (Å²) in [6.45, 7) is 0.0690. The Kier molecular flexibility index (Phi) is 7.24. The number of amides is 1. The summed E-state index contributed by atoms with van der Waals surface area (Å²) in [6.07, 6.45) is 0.889. The molecular formula is C23H25N3O7S2. The van der Waals surface area contributed by atoms with E-state index in [9.17, 15) is 18.0 Å². The van der Waals surface area contributed by atoms with E-state index >= 15 is 0 Å². The van der Waals surface area contributed by atoms with E-state index < -0.39 is 27.9 Å². The van der Waals surface area contributed by atoms with Gasteiger partial charge in [-0.3, -0.25) is 9.59 Å². The van der Waals surface area contributed by atoms with Crippen molar-refractivity contribution >= 4 is 43.5 Å². The van der Waals surface area contributed by atoms with Crippen LogP contribution >= 0.6 is 11.3 Å². The Hall–Kier alpha value is -3.22. The first-order valence-corrected chi connectivity index (χ1v) is 13.0. The Labute approximate surface area is 206 Å². The van der Waals surface area contributed by atoms with Gasteiger partial charge in [-0.2, -0.15) is 9.30 Å². The highest BCUT2D eigenvalue weighted by Gasteiger charge is 2.39. The first-order valence-electron chi connectivity index (χ1n) is 10.8. The number of hydrogen-bond donors (Lipinski definition) is 0.